The van der Waals surface area contributed by atoms with E-state index in [2.05, 4.69) is 15.5 Å². The van der Waals surface area contributed by atoms with Crippen LogP contribution >= 0.6 is 22.9 Å². The maximum Gasteiger partial charge on any atom is 0.264 e. The molecule has 1 N–H and O–H groups in total. The molecule has 0 spiro atoms. The molecule has 34 heavy (non-hydrogen) atoms. The van der Waals surface area contributed by atoms with Crippen LogP contribution in [0.25, 0.3) is 10.6 Å². The van der Waals surface area contributed by atoms with E-state index in [9.17, 15) is 13.2 Å². The van der Waals surface area contributed by atoms with Gasteiger partial charge in [-0.2, -0.15) is 0 Å². The number of aryl methyl sites for hydroxylation is 2. The van der Waals surface area contributed by atoms with Crippen LogP contribution in [-0.4, -0.2) is 31.1 Å². The number of amides is 1. The lowest BCUT2D eigenvalue weighted by Gasteiger charge is -2.25. The predicted octanol–water partition coefficient (Wildman–Crippen LogP) is 5.31. The van der Waals surface area contributed by atoms with Crippen molar-refractivity contribution in [2.24, 2.45) is 0 Å². The summed E-state index contributed by atoms with van der Waals surface area (Å²) in [5, 5.41) is 12.2. The van der Waals surface area contributed by atoms with Crippen LogP contribution in [0.15, 0.2) is 77.7 Å². The van der Waals surface area contributed by atoms with Gasteiger partial charge in [-0.15, -0.1) is 10.2 Å². The molecular weight excluding hydrogens is 492 g/mol. The summed E-state index contributed by atoms with van der Waals surface area (Å²) in [4.78, 5) is 13.0. The average Bonchev–Trinajstić information content (AvgIpc) is 3.27. The molecule has 3 aromatic carbocycles. The van der Waals surface area contributed by atoms with E-state index in [-0.39, 0.29) is 10.0 Å². The van der Waals surface area contributed by atoms with E-state index in [1.54, 1.807) is 43.3 Å². The van der Waals surface area contributed by atoms with Crippen LogP contribution in [0.5, 0.6) is 0 Å². The lowest BCUT2D eigenvalue weighted by atomic mass is 10.2. The molecule has 0 radical (unpaired) electrons. The minimum Gasteiger partial charge on any atom is -0.299 e. The predicted molar refractivity (Wildman–Crippen MR) is 136 cm³/mol. The number of sulfonamides is 1. The van der Waals surface area contributed by atoms with Gasteiger partial charge < -0.3 is 0 Å². The number of carbonyl (C=O) groups excluding carboxylic acids is 1. The van der Waals surface area contributed by atoms with Gasteiger partial charge in [0.1, 0.15) is 11.6 Å². The van der Waals surface area contributed by atoms with Gasteiger partial charge in [0.15, 0.2) is 0 Å². The molecule has 0 saturated carbocycles. The first-order chi connectivity index (χ1) is 16.2. The van der Waals surface area contributed by atoms with Crippen molar-refractivity contribution in [3.63, 3.8) is 0 Å². The molecule has 174 valence electrons. The number of hydrogen-bond donors (Lipinski definition) is 1. The number of nitrogens with zero attached hydrogens (tertiary/aromatic N) is 3. The second-order valence-electron chi connectivity index (χ2n) is 7.58. The molecule has 4 rings (SSSR count). The van der Waals surface area contributed by atoms with E-state index < -0.39 is 22.5 Å². The lowest BCUT2D eigenvalue weighted by Crippen LogP contribution is -2.38. The Balaban J connectivity index is 1.60. The fraction of sp³-hybridized carbons (Fsp3) is 0.125. The molecule has 1 aromatic heterocycles. The Labute approximate surface area is 207 Å². The van der Waals surface area contributed by atoms with E-state index in [1.807, 2.05) is 31.2 Å². The fourth-order valence-corrected chi connectivity index (χ4v) is 5.79. The van der Waals surface area contributed by atoms with Crippen molar-refractivity contribution < 1.29 is 13.2 Å². The Morgan fingerprint density at radius 1 is 1.00 bits per heavy atom. The van der Waals surface area contributed by atoms with E-state index in [4.69, 9.17) is 11.6 Å². The van der Waals surface area contributed by atoms with Crippen LogP contribution in [0.2, 0.25) is 5.02 Å². The number of nitrogens with one attached hydrogen (secondary N) is 1. The Kier molecular flexibility index (Phi) is 6.97. The summed E-state index contributed by atoms with van der Waals surface area (Å²) >= 11 is 7.28. The van der Waals surface area contributed by atoms with Crippen molar-refractivity contribution in [3.8, 4) is 10.6 Å². The van der Waals surface area contributed by atoms with Crippen LogP contribution in [-0.2, 0) is 14.8 Å². The number of carbonyl (C=O) groups is 1. The number of aromatic nitrogens is 2. The van der Waals surface area contributed by atoms with Crippen molar-refractivity contribution in [3.05, 3.63) is 88.9 Å². The Bertz CT molecular complexity index is 1420. The third-order valence-electron chi connectivity index (χ3n) is 5.02. The molecule has 0 bridgehead atoms. The molecule has 1 amide bonds. The first-order valence-corrected chi connectivity index (χ1v) is 12.9. The summed E-state index contributed by atoms with van der Waals surface area (Å²) in [7, 11) is -4.02. The Morgan fingerprint density at radius 2 is 1.71 bits per heavy atom. The summed E-state index contributed by atoms with van der Waals surface area (Å²) in [6, 6.07) is 20.6. The topological polar surface area (TPSA) is 92.3 Å². The van der Waals surface area contributed by atoms with Gasteiger partial charge in [0.25, 0.3) is 10.0 Å². The standard InChI is InChI=1S/C24H21ClN4O3S2/c1-16-8-10-18(11-9-16)23-27-28-24(33-23)26-22(30)15-29(21-13-12-19(25)14-17(21)2)34(31,32)20-6-4-3-5-7-20/h3-14H,15H2,1-2H3,(H,26,28,30). The molecular formula is C24H21ClN4O3S2. The van der Waals surface area contributed by atoms with Gasteiger partial charge in [0.05, 0.1) is 10.6 Å². The summed E-state index contributed by atoms with van der Waals surface area (Å²) in [6.45, 7) is 3.29. The minimum atomic E-state index is -4.02. The average molecular weight is 513 g/mol. The van der Waals surface area contributed by atoms with Crippen LogP contribution < -0.4 is 9.62 Å². The first kappa shape index (κ1) is 23.9. The molecule has 0 fully saturated rings. The molecule has 0 aliphatic rings. The van der Waals surface area contributed by atoms with Gasteiger partial charge in [-0.3, -0.25) is 14.4 Å². The second-order valence-corrected chi connectivity index (χ2v) is 10.9. The van der Waals surface area contributed by atoms with Crippen LogP contribution in [0.1, 0.15) is 11.1 Å². The van der Waals surface area contributed by atoms with Crippen LogP contribution in [0.3, 0.4) is 0 Å². The molecule has 0 unspecified atom stereocenters. The van der Waals surface area contributed by atoms with Crippen molar-refractivity contribution in [1.29, 1.82) is 0 Å². The zero-order chi connectivity index (χ0) is 24.3. The maximum atomic E-state index is 13.5. The maximum absolute atomic E-state index is 13.5. The number of anilines is 2. The smallest absolute Gasteiger partial charge is 0.264 e. The fourth-order valence-electron chi connectivity index (χ4n) is 3.29. The van der Waals surface area contributed by atoms with Crippen molar-refractivity contribution >= 4 is 49.7 Å². The highest BCUT2D eigenvalue weighted by molar-refractivity contribution is 7.92. The molecule has 4 aromatic rings. The van der Waals surface area contributed by atoms with Crippen LogP contribution in [0.4, 0.5) is 10.8 Å². The molecule has 7 nitrogen and oxygen atoms in total. The van der Waals surface area contributed by atoms with Crippen molar-refractivity contribution in [1.82, 2.24) is 10.2 Å². The lowest BCUT2D eigenvalue weighted by molar-refractivity contribution is -0.114. The quantitative estimate of drug-likeness (QED) is 0.362. The summed E-state index contributed by atoms with van der Waals surface area (Å²) < 4.78 is 28.0. The summed E-state index contributed by atoms with van der Waals surface area (Å²) in [6.07, 6.45) is 0. The van der Waals surface area contributed by atoms with Crippen LogP contribution in [0, 0.1) is 13.8 Å². The molecule has 0 aliphatic heterocycles. The Morgan fingerprint density at radius 3 is 2.38 bits per heavy atom. The molecule has 0 aliphatic carbocycles. The first-order valence-electron chi connectivity index (χ1n) is 10.3. The van der Waals surface area contributed by atoms with E-state index in [0.717, 1.165) is 15.4 Å². The highest BCUT2D eigenvalue weighted by Crippen LogP contribution is 2.30. The molecule has 0 saturated heterocycles. The van der Waals surface area contributed by atoms with Crippen molar-refractivity contribution in [2.45, 2.75) is 18.7 Å². The third-order valence-corrected chi connectivity index (χ3v) is 7.91. The zero-order valence-corrected chi connectivity index (χ0v) is 20.8. The van der Waals surface area contributed by atoms with Crippen molar-refractivity contribution in [2.75, 3.05) is 16.2 Å². The zero-order valence-electron chi connectivity index (χ0n) is 18.4. The molecule has 0 atom stereocenters. The normalized spacial score (nSPS) is 11.3. The van der Waals surface area contributed by atoms with Gasteiger partial charge in [-0.05, 0) is 49.7 Å². The summed E-state index contributed by atoms with van der Waals surface area (Å²) in [5.41, 5.74) is 2.99. The largest absolute Gasteiger partial charge is 0.299 e. The van der Waals surface area contributed by atoms with Gasteiger partial charge in [0.2, 0.25) is 11.0 Å². The molecule has 1 heterocycles. The number of hydrogen-bond acceptors (Lipinski definition) is 6. The van der Waals surface area contributed by atoms with E-state index in [1.165, 1.54) is 23.5 Å². The third kappa shape index (κ3) is 5.27. The number of halogens is 1. The highest BCUT2D eigenvalue weighted by Gasteiger charge is 2.28. The molecule has 10 heteroatoms. The van der Waals surface area contributed by atoms with E-state index in [0.29, 0.717) is 21.3 Å². The van der Waals surface area contributed by atoms with Gasteiger partial charge in [-0.25, -0.2) is 8.42 Å². The second kappa shape index (κ2) is 9.92. The minimum absolute atomic E-state index is 0.0784. The van der Waals surface area contributed by atoms with Gasteiger partial charge in [-0.1, -0.05) is 71.0 Å². The SMILES string of the molecule is Cc1ccc(-c2nnc(NC(=O)CN(c3ccc(Cl)cc3C)S(=O)(=O)c3ccccc3)s2)cc1. The van der Waals surface area contributed by atoms with Gasteiger partial charge in [0, 0.05) is 10.6 Å². The monoisotopic (exact) mass is 512 g/mol. The number of benzene rings is 3. The summed E-state index contributed by atoms with van der Waals surface area (Å²) in [5.74, 6) is -0.541. The number of rotatable bonds is 7. The van der Waals surface area contributed by atoms with Gasteiger partial charge >= 0.3 is 0 Å². The van der Waals surface area contributed by atoms with E-state index >= 15 is 0 Å². The highest BCUT2D eigenvalue weighted by atomic mass is 35.5. The Hall–Kier alpha value is -3.27.